The summed E-state index contributed by atoms with van der Waals surface area (Å²) in [6.45, 7) is 7.38. The number of likely N-dealkylation sites (tertiary alicyclic amines) is 2. The first kappa shape index (κ1) is 25.3. The third-order valence-electron chi connectivity index (χ3n) is 6.70. The predicted octanol–water partition coefficient (Wildman–Crippen LogP) is 3.97. The lowest BCUT2D eigenvalue weighted by atomic mass is 9.89. The monoisotopic (exact) mass is 514 g/mol. The average molecular weight is 515 g/mol. The van der Waals surface area contributed by atoms with E-state index in [0.29, 0.717) is 22.9 Å². The van der Waals surface area contributed by atoms with Crippen LogP contribution in [0.3, 0.4) is 0 Å². The van der Waals surface area contributed by atoms with E-state index in [9.17, 15) is 13.6 Å². The van der Waals surface area contributed by atoms with Gasteiger partial charge in [0.15, 0.2) is 0 Å². The van der Waals surface area contributed by atoms with Crippen molar-refractivity contribution >= 4 is 11.6 Å². The van der Waals surface area contributed by atoms with Crippen molar-refractivity contribution in [3.63, 3.8) is 0 Å². The molecule has 11 heteroatoms. The van der Waals surface area contributed by atoms with E-state index in [0.717, 1.165) is 19.6 Å². The van der Waals surface area contributed by atoms with Crippen LogP contribution in [0.4, 0.5) is 18.9 Å². The Balaban J connectivity index is 1.27. The quantitative estimate of drug-likeness (QED) is 0.428. The fraction of sp³-hybridized carbons (Fsp3) is 0.462. The van der Waals surface area contributed by atoms with Gasteiger partial charge in [0, 0.05) is 50.6 Å². The molecule has 2 aliphatic heterocycles. The van der Waals surface area contributed by atoms with Gasteiger partial charge in [0.05, 0.1) is 17.8 Å². The Morgan fingerprint density at radius 3 is 2.46 bits per heavy atom. The molecular weight excluding hydrogens is 485 g/mol. The molecule has 2 aliphatic rings. The van der Waals surface area contributed by atoms with Crippen molar-refractivity contribution in [2.45, 2.75) is 38.5 Å². The molecule has 196 valence electrons. The fourth-order valence-electron chi connectivity index (χ4n) is 4.81. The van der Waals surface area contributed by atoms with Crippen LogP contribution in [0.25, 0.3) is 11.5 Å². The number of nitrogens with zero attached hydrogens (tertiary/aromatic N) is 6. The molecule has 8 nitrogen and oxygen atoms in total. The van der Waals surface area contributed by atoms with Gasteiger partial charge in [-0.3, -0.25) is 19.6 Å². The Kier molecular flexibility index (Phi) is 7.00. The van der Waals surface area contributed by atoms with Crippen LogP contribution >= 0.6 is 0 Å². The topological polar surface area (TPSA) is 78.6 Å². The summed E-state index contributed by atoms with van der Waals surface area (Å²) >= 11 is 0. The zero-order valence-electron chi connectivity index (χ0n) is 20.7. The van der Waals surface area contributed by atoms with Gasteiger partial charge in [0.25, 0.3) is 11.8 Å². The van der Waals surface area contributed by atoms with E-state index in [1.54, 1.807) is 36.4 Å². The Hall–Kier alpha value is -3.31. The normalized spacial score (nSPS) is 18.1. The highest BCUT2D eigenvalue weighted by atomic mass is 19.3. The number of pyridine rings is 1. The zero-order valence-corrected chi connectivity index (χ0v) is 20.7. The average Bonchev–Trinajstić information content (AvgIpc) is 3.34. The Labute approximate surface area is 213 Å². The molecule has 0 unspecified atom stereocenters. The van der Waals surface area contributed by atoms with Gasteiger partial charge < -0.3 is 9.32 Å². The van der Waals surface area contributed by atoms with E-state index in [4.69, 9.17) is 4.42 Å². The van der Waals surface area contributed by atoms with Crippen LogP contribution in [0, 0.1) is 5.92 Å². The predicted molar refractivity (Wildman–Crippen MR) is 131 cm³/mol. The van der Waals surface area contributed by atoms with Gasteiger partial charge >= 0.3 is 6.43 Å². The van der Waals surface area contributed by atoms with Crippen LogP contribution in [0.2, 0.25) is 0 Å². The van der Waals surface area contributed by atoms with Crippen LogP contribution in [0.1, 0.15) is 31.9 Å². The van der Waals surface area contributed by atoms with E-state index in [2.05, 4.69) is 33.9 Å². The zero-order chi connectivity index (χ0) is 26.2. The van der Waals surface area contributed by atoms with Crippen LogP contribution in [-0.4, -0.2) is 75.3 Å². The third-order valence-corrected chi connectivity index (χ3v) is 6.70. The number of hydrogen-bond acceptors (Lipinski definition) is 7. The summed E-state index contributed by atoms with van der Waals surface area (Å²) in [6.07, 6.45) is -1.46. The molecule has 4 heterocycles. The molecule has 37 heavy (non-hydrogen) atoms. The molecular formula is C26H29F3N6O2. The third kappa shape index (κ3) is 5.37. The van der Waals surface area contributed by atoms with Crippen LogP contribution in [-0.2, 0) is 11.3 Å². The van der Waals surface area contributed by atoms with E-state index < -0.39 is 23.9 Å². The minimum atomic E-state index is -2.86. The van der Waals surface area contributed by atoms with Crippen molar-refractivity contribution in [3.8, 4) is 11.5 Å². The van der Waals surface area contributed by atoms with Crippen molar-refractivity contribution in [1.29, 1.82) is 0 Å². The van der Waals surface area contributed by atoms with Crippen molar-refractivity contribution in [1.82, 2.24) is 25.0 Å². The second-order valence-electron chi connectivity index (χ2n) is 10.1. The maximum absolute atomic E-state index is 15.8. The molecule has 0 radical (unpaired) electrons. The van der Waals surface area contributed by atoms with Gasteiger partial charge in [-0.1, -0.05) is 32.0 Å². The minimum absolute atomic E-state index is 0.0481. The lowest BCUT2D eigenvalue weighted by Gasteiger charge is -2.54. The number of rotatable bonds is 9. The van der Waals surface area contributed by atoms with Gasteiger partial charge in [-0.15, -0.1) is 10.2 Å². The fourth-order valence-corrected chi connectivity index (χ4v) is 4.81. The highest BCUT2D eigenvalue weighted by molar-refractivity contribution is 6.00. The standard InChI is InChI=1S/C26H29F3N6O2/c1-17(2)11-33-13-21(14-33)34-15-26(29,16-34)25(36)35(20-6-4-3-5-7-20)12-19-9-8-18(10-30-19)23-31-32-24(37-23)22(27)28/h3-10,17,21-22H,11-16H2,1-2H3. The number of aromatic nitrogens is 3. The number of carbonyl (C=O) groups excluding carboxylic acids is 1. The molecule has 2 aromatic heterocycles. The number of anilines is 1. The van der Waals surface area contributed by atoms with Crippen molar-refractivity contribution in [2.75, 3.05) is 37.6 Å². The highest BCUT2D eigenvalue weighted by Gasteiger charge is 2.55. The van der Waals surface area contributed by atoms with E-state index in [-0.39, 0.29) is 31.6 Å². The smallest absolute Gasteiger partial charge is 0.314 e. The summed E-state index contributed by atoms with van der Waals surface area (Å²) in [6, 6.07) is 12.4. The summed E-state index contributed by atoms with van der Waals surface area (Å²) in [5.41, 5.74) is -0.537. The Morgan fingerprint density at radius 1 is 1.14 bits per heavy atom. The SMILES string of the molecule is CC(C)CN1CC(N2CC(F)(C(=O)N(Cc3ccc(-c4nnc(C(F)F)o4)cn3)c3ccccc3)C2)C1. The highest BCUT2D eigenvalue weighted by Crippen LogP contribution is 2.34. The van der Waals surface area contributed by atoms with Crippen LogP contribution in [0.5, 0.6) is 0 Å². The van der Waals surface area contributed by atoms with Gasteiger partial charge in [0.1, 0.15) is 0 Å². The summed E-state index contributed by atoms with van der Waals surface area (Å²) in [4.78, 5) is 23.6. The summed E-state index contributed by atoms with van der Waals surface area (Å²) in [5.74, 6) is -0.858. The van der Waals surface area contributed by atoms with Gasteiger partial charge in [-0.05, 0) is 30.2 Å². The van der Waals surface area contributed by atoms with Crippen molar-refractivity contribution < 1.29 is 22.4 Å². The molecule has 2 saturated heterocycles. The molecule has 0 saturated carbocycles. The number of amides is 1. The van der Waals surface area contributed by atoms with Crippen molar-refractivity contribution in [2.24, 2.45) is 5.92 Å². The van der Waals surface area contributed by atoms with Crippen LogP contribution in [0.15, 0.2) is 53.1 Å². The molecule has 1 amide bonds. The van der Waals surface area contributed by atoms with Crippen molar-refractivity contribution in [3.05, 3.63) is 60.2 Å². The van der Waals surface area contributed by atoms with E-state index in [1.165, 1.54) is 11.1 Å². The maximum Gasteiger partial charge on any atom is 0.314 e. The number of para-hydroxylation sites is 1. The number of benzene rings is 1. The first-order valence-electron chi connectivity index (χ1n) is 12.3. The lowest BCUT2D eigenvalue weighted by Crippen LogP contribution is -2.73. The molecule has 3 aromatic rings. The molecule has 0 spiro atoms. The van der Waals surface area contributed by atoms with Gasteiger partial charge in [0.2, 0.25) is 11.6 Å². The first-order valence-corrected chi connectivity index (χ1v) is 12.3. The van der Waals surface area contributed by atoms with E-state index >= 15 is 4.39 Å². The van der Waals surface area contributed by atoms with Crippen LogP contribution < -0.4 is 4.90 Å². The Morgan fingerprint density at radius 2 is 1.86 bits per heavy atom. The molecule has 0 bridgehead atoms. The largest absolute Gasteiger partial charge is 0.415 e. The number of hydrogen-bond donors (Lipinski definition) is 0. The Bertz CT molecular complexity index is 1210. The number of alkyl halides is 3. The lowest BCUT2D eigenvalue weighted by molar-refractivity contribution is -0.150. The molecule has 2 fully saturated rings. The first-order chi connectivity index (χ1) is 17.7. The maximum atomic E-state index is 15.8. The summed E-state index contributed by atoms with van der Waals surface area (Å²) < 4.78 is 46.3. The number of halogens is 3. The summed E-state index contributed by atoms with van der Waals surface area (Å²) in [7, 11) is 0. The minimum Gasteiger partial charge on any atom is -0.415 e. The molecule has 0 atom stereocenters. The van der Waals surface area contributed by atoms with Gasteiger partial charge in [-0.2, -0.15) is 8.78 Å². The molecule has 5 rings (SSSR count). The van der Waals surface area contributed by atoms with Gasteiger partial charge in [-0.25, -0.2) is 4.39 Å². The molecule has 1 aromatic carbocycles. The second kappa shape index (κ2) is 10.2. The molecule has 0 N–H and O–H groups in total. The molecule has 0 aliphatic carbocycles. The van der Waals surface area contributed by atoms with E-state index in [1.807, 2.05) is 11.0 Å². The second-order valence-corrected chi connectivity index (χ2v) is 10.1. The summed E-state index contributed by atoms with van der Waals surface area (Å²) in [5, 5.41) is 6.94. The number of carbonyl (C=O) groups is 1.